The third kappa shape index (κ3) is 5.04. The van der Waals surface area contributed by atoms with Crippen molar-refractivity contribution in [3.63, 3.8) is 0 Å². The predicted molar refractivity (Wildman–Crippen MR) is 109 cm³/mol. The summed E-state index contributed by atoms with van der Waals surface area (Å²) in [5.41, 5.74) is 5.94. The normalized spacial score (nSPS) is 11.2. The molecule has 0 unspecified atom stereocenters. The van der Waals surface area contributed by atoms with E-state index in [1.54, 1.807) is 18.2 Å². The Morgan fingerprint density at radius 2 is 1.83 bits per heavy atom. The Morgan fingerprint density at radius 1 is 1.17 bits per heavy atom. The molecule has 0 amide bonds. The molecule has 0 radical (unpaired) electrons. The number of hydrogen-bond acceptors (Lipinski definition) is 7. The van der Waals surface area contributed by atoms with Crippen LogP contribution in [0.15, 0.2) is 59.9 Å². The molecule has 3 aromatic rings. The number of non-ortho nitro benzene ring substituents is 1. The highest BCUT2D eigenvalue weighted by Gasteiger charge is 2.14. The Kier molecular flexibility index (Phi) is 6.50. The highest BCUT2D eigenvalue weighted by atomic mass is 35.5. The number of ether oxygens (including phenoxy) is 1. The minimum atomic E-state index is -0.852. The van der Waals surface area contributed by atoms with Gasteiger partial charge in [0.05, 0.1) is 15.0 Å². The lowest BCUT2D eigenvalue weighted by molar-refractivity contribution is -0.384. The van der Waals surface area contributed by atoms with E-state index in [9.17, 15) is 14.9 Å². The maximum atomic E-state index is 12.1. The van der Waals surface area contributed by atoms with Crippen LogP contribution in [0.25, 0.3) is 0 Å². The molecule has 10 nitrogen and oxygen atoms in total. The van der Waals surface area contributed by atoms with Gasteiger partial charge in [0.1, 0.15) is 0 Å². The summed E-state index contributed by atoms with van der Waals surface area (Å²) < 4.78 is 6.85. The summed E-state index contributed by atoms with van der Waals surface area (Å²) in [7, 11) is 0. The van der Waals surface area contributed by atoms with Crippen molar-refractivity contribution in [1.82, 2.24) is 9.78 Å². The second-order valence-corrected chi connectivity index (χ2v) is 6.54. The van der Waals surface area contributed by atoms with Crippen molar-refractivity contribution in [2.45, 2.75) is 6.73 Å². The summed E-state index contributed by atoms with van der Waals surface area (Å²) in [5.74, 6) is -0.690. The van der Waals surface area contributed by atoms with E-state index in [-0.39, 0.29) is 23.9 Å². The largest absolute Gasteiger partial charge is 0.468 e. The summed E-state index contributed by atoms with van der Waals surface area (Å²) in [4.78, 5) is 27.0. The maximum absolute atomic E-state index is 12.1. The number of carbonyl (C=O) groups excluding carboxylic acids is 1. The van der Waals surface area contributed by atoms with E-state index in [1.807, 2.05) is 0 Å². The Bertz CT molecular complexity index is 1090. The highest BCUT2D eigenvalue weighted by molar-refractivity contribution is 6.37. The number of carbonyl (C=O) groups is 1. The molecule has 1 heterocycles. The quantitative estimate of drug-likeness (QED) is 0.191. The number of rotatable bonds is 7. The van der Waals surface area contributed by atoms with Gasteiger partial charge in [0.2, 0.25) is 0 Å². The van der Waals surface area contributed by atoms with Gasteiger partial charge in [0.15, 0.2) is 24.0 Å². The molecule has 30 heavy (non-hydrogen) atoms. The first-order chi connectivity index (χ1) is 14.3. The number of aromatic nitrogens is 2. The number of nitrogens with zero attached hydrogens (tertiary/aromatic N) is 4. The summed E-state index contributed by atoms with van der Waals surface area (Å²) in [5, 5.41) is 18.9. The number of oxime groups is 1. The molecule has 12 heteroatoms. The molecular weight excluding hydrogens is 437 g/mol. The number of para-hydroxylation sites is 1. The lowest BCUT2D eigenvalue weighted by Gasteiger charge is -2.09. The second-order valence-electron chi connectivity index (χ2n) is 5.72. The fraction of sp³-hybridized carbons (Fsp3) is 0.0556. The molecule has 0 aliphatic heterocycles. The van der Waals surface area contributed by atoms with Crippen molar-refractivity contribution in [3.8, 4) is 5.75 Å². The molecule has 3 rings (SSSR count). The van der Waals surface area contributed by atoms with Gasteiger partial charge in [-0.25, -0.2) is 9.48 Å². The molecule has 0 saturated heterocycles. The average molecular weight is 450 g/mol. The molecule has 0 aliphatic rings. The number of hydrogen-bond donors (Lipinski definition) is 1. The van der Waals surface area contributed by atoms with Gasteiger partial charge in [-0.05, 0) is 30.3 Å². The molecule has 0 fully saturated rings. The Labute approximate surface area is 179 Å². The summed E-state index contributed by atoms with van der Waals surface area (Å²) in [6.45, 7) is -0.0507. The van der Waals surface area contributed by atoms with E-state index in [1.165, 1.54) is 41.2 Å². The van der Waals surface area contributed by atoms with Gasteiger partial charge >= 0.3 is 5.97 Å². The molecule has 2 N–H and O–H groups in total. The van der Waals surface area contributed by atoms with E-state index in [0.717, 1.165) is 0 Å². The average Bonchev–Trinajstić information content (AvgIpc) is 3.20. The van der Waals surface area contributed by atoms with Crippen LogP contribution in [0.4, 0.5) is 5.69 Å². The molecule has 0 saturated carbocycles. The van der Waals surface area contributed by atoms with Gasteiger partial charge in [0, 0.05) is 23.9 Å². The zero-order valence-electron chi connectivity index (χ0n) is 15.1. The summed E-state index contributed by atoms with van der Waals surface area (Å²) >= 11 is 12.0. The first kappa shape index (κ1) is 21.1. The Morgan fingerprint density at radius 3 is 2.47 bits per heavy atom. The van der Waals surface area contributed by atoms with Crippen LogP contribution in [-0.2, 0) is 11.6 Å². The first-order valence-electron chi connectivity index (χ1n) is 8.25. The van der Waals surface area contributed by atoms with E-state index in [2.05, 4.69) is 10.3 Å². The van der Waals surface area contributed by atoms with Gasteiger partial charge in [-0.15, -0.1) is 0 Å². The fourth-order valence-corrected chi connectivity index (χ4v) is 2.74. The van der Waals surface area contributed by atoms with Crippen LogP contribution in [0, 0.1) is 10.1 Å². The molecular formula is C18H13Cl2N5O5. The Balaban J connectivity index is 1.60. The van der Waals surface area contributed by atoms with Gasteiger partial charge in [-0.2, -0.15) is 5.10 Å². The van der Waals surface area contributed by atoms with E-state index in [0.29, 0.717) is 21.4 Å². The first-order valence-corrected chi connectivity index (χ1v) is 9.00. The lowest BCUT2D eigenvalue weighted by Crippen LogP contribution is -2.15. The van der Waals surface area contributed by atoms with Crippen molar-refractivity contribution in [1.29, 1.82) is 0 Å². The van der Waals surface area contributed by atoms with E-state index in [4.69, 9.17) is 38.5 Å². The monoisotopic (exact) mass is 449 g/mol. The van der Waals surface area contributed by atoms with Crippen LogP contribution >= 0.6 is 23.2 Å². The second kappa shape index (κ2) is 9.25. The van der Waals surface area contributed by atoms with Crippen molar-refractivity contribution >= 4 is 40.7 Å². The predicted octanol–water partition coefficient (Wildman–Crippen LogP) is 3.61. The van der Waals surface area contributed by atoms with Crippen molar-refractivity contribution in [3.05, 3.63) is 86.1 Å². The fourth-order valence-electron chi connectivity index (χ4n) is 2.24. The minimum Gasteiger partial charge on any atom is -0.468 e. The molecule has 0 spiro atoms. The van der Waals surface area contributed by atoms with Crippen LogP contribution in [0.3, 0.4) is 0 Å². The lowest BCUT2D eigenvalue weighted by atomic mass is 10.2. The number of benzene rings is 2. The van der Waals surface area contributed by atoms with Gasteiger partial charge in [-0.3, -0.25) is 10.1 Å². The maximum Gasteiger partial charge on any atom is 0.385 e. The molecule has 2 aromatic carbocycles. The van der Waals surface area contributed by atoms with Crippen molar-refractivity contribution in [2.24, 2.45) is 10.9 Å². The van der Waals surface area contributed by atoms with Crippen LogP contribution in [0.2, 0.25) is 10.0 Å². The van der Waals surface area contributed by atoms with Crippen LogP contribution < -0.4 is 10.5 Å². The molecule has 0 aliphatic carbocycles. The van der Waals surface area contributed by atoms with Crippen molar-refractivity contribution in [2.75, 3.05) is 0 Å². The number of halogens is 2. The smallest absolute Gasteiger partial charge is 0.385 e. The van der Waals surface area contributed by atoms with Gasteiger partial charge < -0.3 is 15.3 Å². The third-order valence-electron chi connectivity index (χ3n) is 3.71. The molecule has 1 aromatic heterocycles. The molecule has 0 bridgehead atoms. The zero-order valence-corrected chi connectivity index (χ0v) is 16.6. The summed E-state index contributed by atoms with van der Waals surface area (Å²) in [6.07, 6.45) is 1.49. The van der Waals surface area contributed by atoms with E-state index >= 15 is 0 Å². The topological polar surface area (TPSA) is 135 Å². The zero-order chi connectivity index (χ0) is 21.7. The third-order valence-corrected chi connectivity index (χ3v) is 4.31. The Hall–Kier alpha value is -3.63. The standard InChI is InChI=1S/C18H13Cl2N5O5/c19-13-2-1-3-14(20)16(13)29-10-24-9-8-15(22-24)18(26)30-23-17(21)11-4-6-12(7-5-11)25(27)28/h1-9H,10H2,(H2,21,23). The molecule has 0 atom stereocenters. The number of nitro benzene ring substituents is 1. The summed E-state index contributed by atoms with van der Waals surface area (Å²) in [6, 6.07) is 11.6. The van der Waals surface area contributed by atoms with Crippen LogP contribution in [-0.4, -0.2) is 26.5 Å². The number of amidine groups is 1. The van der Waals surface area contributed by atoms with Crippen LogP contribution in [0.1, 0.15) is 16.1 Å². The molecule has 154 valence electrons. The minimum absolute atomic E-state index is 0.0379. The van der Waals surface area contributed by atoms with E-state index < -0.39 is 10.9 Å². The van der Waals surface area contributed by atoms with Crippen LogP contribution in [0.5, 0.6) is 5.75 Å². The van der Waals surface area contributed by atoms with Crippen molar-refractivity contribution < 1.29 is 19.3 Å². The SMILES string of the molecule is N/C(=N\OC(=O)c1ccn(COc2c(Cl)cccc2Cl)n1)c1ccc([N+](=O)[O-])cc1. The number of nitrogens with two attached hydrogens (primary N) is 1. The van der Waals surface area contributed by atoms with Gasteiger partial charge in [0.25, 0.3) is 5.69 Å². The van der Waals surface area contributed by atoms with Gasteiger partial charge in [-0.1, -0.05) is 34.4 Å². The highest BCUT2D eigenvalue weighted by Crippen LogP contribution is 2.32. The number of nitro groups is 1.